The largest absolute Gasteiger partial charge is 0.295 e. The van der Waals surface area contributed by atoms with Crippen LogP contribution in [0.25, 0.3) is 10.9 Å². The fourth-order valence-corrected chi connectivity index (χ4v) is 3.73. The molecule has 0 unspecified atom stereocenters. The Balaban J connectivity index is 1.55. The van der Waals surface area contributed by atoms with Crippen molar-refractivity contribution in [3.05, 3.63) is 75.8 Å². The number of nitrogens with zero attached hydrogens (tertiary/aromatic N) is 3. The maximum absolute atomic E-state index is 12.8. The molecule has 142 valence electrons. The molecule has 0 spiro atoms. The summed E-state index contributed by atoms with van der Waals surface area (Å²) in [4.78, 5) is 43.6. The summed E-state index contributed by atoms with van der Waals surface area (Å²) in [5.74, 6) is 0.363. The Kier molecular flexibility index (Phi) is 4.96. The number of carbonyl (C=O) groups excluding carboxylic acids is 2. The number of rotatable bonds is 6. The van der Waals surface area contributed by atoms with Crippen LogP contribution in [0.4, 0.5) is 0 Å². The zero-order chi connectivity index (χ0) is 19.7. The average Bonchev–Trinajstić information content (AvgIpc) is 2.96. The molecule has 2 aromatic carbocycles. The Morgan fingerprint density at radius 1 is 0.857 bits per heavy atom. The van der Waals surface area contributed by atoms with Gasteiger partial charge in [-0.05, 0) is 30.7 Å². The van der Waals surface area contributed by atoms with Gasteiger partial charge in [0.25, 0.3) is 17.4 Å². The van der Waals surface area contributed by atoms with Crippen molar-refractivity contribution in [1.82, 2.24) is 14.5 Å². The normalized spacial score (nSPS) is 13.4. The third-order valence-electron chi connectivity index (χ3n) is 4.91. The van der Waals surface area contributed by atoms with Gasteiger partial charge in [-0.3, -0.25) is 23.9 Å². The number of hydrogen-bond acceptors (Lipinski definition) is 4. The van der Waals surface area contributed by atoms with E-state index in [0.29, 0.717) is 53.1 Å². The first-order valence-corrected chi connectivity index (χ1v) is 9.65. The third-order valence-corrected chi connectivity index (χ3v) is 5.08. The van der Waals surface area contributed by atoms with Gasteiger partial charge < -0.3 is 0 Å². The second kappa shape index (κ2) is 7.56. The lowest BCUT2D eigenvalue weighted by Gasteiger charge is -2.15. The summed E-state index contributed by atoms with van der Waals surface area (Å²) in [5.41, 5.74) is 1.39. The van der Waals surface area contributed by atoms with Crippen LogP contribution in [0.15, 0.2) is 53.3 Å². The summed E-state index contributed by atoms with van der Waals surface area (Å²) in [7, 11) is 0. The number of fused-ring (bicyclic) bond motifs is 2. The highest BCUT2D eigenvalue weighted by Crippen LogP contribution is 2.22. The quantitative estimate of drug-likeness (QED) is 0.475. The topological polar surface area (TPSA) is 72.3 Å². The van der Waals surface area contributed by atoms with Gasteiger partial charge in [-0.1, -0.05) is 24.3 Å². The lowest BCUT2D eigenvalue weighted by atomic mass is 10.1. The molecule has 28 heavy (non-hydrogen) atoms. The zero-order valence-electron chi connectivity index (χ0n) is 15.1. The van der Waals surface area contributed by atoms with Gasteiger partial charge >= 0.3 is 0 Å². The van der Waals surface area contributed by atoms with Crippen LogP contribution in [0.3, 0.4) is 0 Å². The fourth-order valence-electron chi connectivity index (χ4n) is 3.56. The Hall–Kier alpha value is -2.99. The lowest BCUT2D eigenvalue weighted by Crippen LogP contribution is -2.32. The second-order valence-corrected chi connectivity index (χ2v) is 6.98. The van der Waals surface area contributed by atoms with Crippen LogP contribution in [-0.4, -0.2) is 38.7 Å². The first kappa shape index (κ1) is 18.4. The van der Waals surface area contributed by atoms with E-state index in [2.05, 4.69) is 4.98 Å². The summed E-state index contributed by atoms with van der Waals surface area (Å²) in [6, 6.07) is 14.0. The number of halogens is 1. The van der Waals surface area contributed by atoms with Crippen molar-refractivity contribution in [1.29, 1.82) is 0 Å². The lowest BCUT2D eigenvalue weighted by molar-refractivity contribution is 0.0652. The van der Waals surface area contributed by atoms with Crippen LogP contribution in [0.1, 0.15) is 33.0 Å². The molecular weight excluding hydrogens is 378 g/mol. The van der Waals surface area contributed by atoms with E-state index < -0.39 is 0 Å². The predicted molar refractivity (Wildman–Crippen MR) is 107 cm³/mol. The van der Waals surface area contributed by atoms with E-state index in [-0.39, 0.29) is 23.9 Å². The fraction of sp³-hybridized carbons (Fsp3) is 0.238. The van der Waals surface area contributed by atoms with Gasteiger partial charge in [0.1, 0.15) is 5.82 Å². The third kappa shape index (κ3) is 3.10. The van der Waals surface area contributed by atoms with Crippen molar-refractivity contribution in [3.8, 4) is 0 Å². The molecule has 2 amide bonds. The van der Waals surface area contributed by atoms with Gasteiger partial charge in [0.05, 0.1) is 22.0 Å². The monoisotopic (exact) mass is 395 g/mol. The van der Waals surface area contributed by atoms with E-state index in [1.165, 1.54) is 4.90 Å². The van der Waals surface area contributed by atoms with Crippen LogP contribution in [0, 0.1) is 0 Å². The van der Waals surface area contributed by atoms with E-state index in [1.807, 2.05) is 6.07 Å². The summed E-state index contributed by atoms with van der Waals surface area (Å²) in [5, 5.41) is 0.553. The molecule has 0 bridgehead atoms. The predicted octanol–water partition coefficient (Wildman–Crippen LogP) is 2.86. The van der Waals surface area contributed by atoms with Gasteiger partial charge in [-0.2, -0.15) is 0 Å². The van der Waals surface area contributed by atoms with Crippen LogP contribution >= 0.6 is 11.6 Å². The van der Waals surface area contributed by atoms with E-state index in [4.69, 9.17) is 11.6 Å². The van der Waals surface area contributed by atoms with Crippen molar-refractivity contribution in [2.45, 2.75) is 19.4 Å². The Morgan fingerprint density at radius 3 is 2.18 bits per heavy atom. The number of alkyl halides is 1. The average molecular weight is 396 g/mol. The highest BCUT2D eigenvalue weighted by molar-refractivity contribution is 6.21. The summed E-state index contributed by atoms with van der Waals surface area (Å²) >= 11 is 5.87. The van der Waals surface area contributed by atoms with Crippen LogP contribution in [0.2, 0.25) is 0 Å². The van der Waals surface area contributed by atoms with Crippen LogP contribution in [-0.2, 0) is 13.0 Å². The molecule has 4 rings (SSSR count). The molecule has 0 saturated heterocycles. The number of amides is 2. The first-order chi connectivity index (χ1) is 13.6. The number of hydrogen-bond donors (Lipinski definition) is 0. The maximum atomic E-state index is 12.8. The maximum Gasteiger partial charge on any atom is 0.261 e. The molecule has 0 radical (unpaired) electrons. The minimum Gasteiger partial charge on any atom is -0.295 e. The Morgan fingerprint density at radius 2 is 1.50 bits per heavy atom. The SMILES string of the molecule is O=C1c2ccccc2C(=O)N1CCCc1nc2ccccc2c(=O)n1CCCl. The molecule has 7 heteroatoms. The van der Waals surface area contributed by atoms with E-state index in [1.54, 1.807) is 47.0 Å². The van der Waals surface area contributed by atoms with Gasteiger partial charge in [-0.15, -0.1) is 11.6 Å². The molecule has 0 saturated carbocycles. The number of aromatic nitrogens is 2. The van der Waals surface area contributed by atoms with Gasteiger partial charge in [0.15, 0.2) is 0 Å². The molecule has 0 N–H and O–H groups in total. The molecule has 1 aliphatic heterocycles. The van der Waals surface area contributed by atoms with Gasteiger partial charge in [-0.25, -0.2) is 4.98 Å². The number of carbonyl (C=O) groups is 2. The van der Waals surface area contributed by atoms with Gasteiger partial charge in [0, 0.05) is 25.4 Å². The summed E-state index contributed by atoms with van der Waals surface area (Å²) in [6.07, 6.45) is 0.975. The molecule has 6 nitrogen and oxygen atoms in total. The van der Waals surface area contributed by atoms with Crippen molar-refractivity contribution in [2.24, 2.45) is 0 Å². The van der Waals surface area contributed by atoms with Crippen molar-refractivity contribution in [2.75, 3.05) is 12.4 Å². The second-order valence-electron chi connectivity index (χ2n) is 6.60. The molecule has 0 fully saturated rings. The summed E-state index contributed by atoms with van der Waals surface area (Å²) < 4.78 is 1.58. The standard InChI is InChI=1S/C21H18ClN3O3/c22-11-13-24-18(23-17-9-4-3-8-16(17)21(24)28)10-5-12-25-19(26)14-6-1-2-7-15(14)20(25)27/h1-4,6-9H,5,10-13H2. The van der Waals surface area contributed by atoms with E-state index >= 15 is 0 Å². The number of benzene rings is 2. The Bertz CT molecular complexity index is 1100. The Labute approximate surface area is 166 Å². The molecule has 2 heterocycles. The highest BCUT2D eigenvalue weighted by Gasteiger charge is 2.34. The number of imide groups is 1. The molecular formula is C21H18ClN3O3. The molecule has 0 atom stereocenters. The zero-order valence-corrected chi connectivity index (χ0v) is 15.9. The minimum atomic E-state index is -0.273. The molecule has 1 aliphatic rings. The molecule has 1 aromatic heterocycles. The number of para-hydroxylation sites is 1. The van der Waals surface area contributed by atoms with Crippen molar-refractivity contribution in [3.63, 3.8) is 0 Å². The smallest absolute Gasteiger partial charge is 0.261 e. The van der Waals surface area contributed by atoms with Crippen LogP contribution < -0.4 is 5.56 Å². The highest BCUT2D eigenvalue weighted by atomic mass is 35.5. The molecule has 3 aromatic rings. The summed E-state index contributed by atoms with van der Waals surface area (Å²) in [6.45, 7) is 0.635. The molecule has 0 aliphatic carbocycles. The van der Waals surface area contributed by atoms with E-state index in [0.717, 1.165) is 0 Å². The first-order valence-electron chi connectivity index (χ1n) is 9.11. The number of aryl methyl sites for hydroxylation is 1. The minimum absolute atomic E-state index is 0.123. The van der Waals surface area contributed by atoms with Crippen molar-refractivity contribution >= 4 is 34.3 Å². The van der Waals surface area contributed by atoms with Crippen molar-refractivity contribution < 1.29 is 9.59 Å². The van der Waals surface area contributed by atoms with Gasteiger partial charge in [0.2, 0.25) is 0 Å². The van der Waals surface area contributed by atoms with Crippen LogP contribution in [0.5, 0.6) is 0 Å². The van der Waals surface area contributed by atoms with E-state index in [9.17, 15) is 14.4 Å².